The van der Waals surface area contributed by atoms with Gasteiger partial charge in [-0.2, -0.15) is 0 Å². The van der Waals surface area contributed by atoms with E-state index in [4.69, 9.17) is 0 Å². The lowest BCUT2D eigenvalue weighted by Gasteiger charge is -2.07. The number of carbonyl (C=O) groups excluding carboxylic acids is 1. The number of aryl methyl sites for hydroxylation is 2. The first-order valence-corrected chi connectivity index (χ1v) is 7.89. The average Bonchev–Trinajstić information content (AvgIpc) is 2.93. The fourth-order valence-electron chi connectivity index (χ4n) is 2.21. The number of amides is 1. The van der Waals surface area contributed by atoms with Crippen molar-refractivity contribution in [3.63, 3.8) is 0 Å². The number of nitrogens with zero attached hydrogens (tertiary/aromatic N) is 1. The Hall–Kier alpha value is -2.73. The van der Waals surface area contributed by atoms with Crippen molar-refractivity contribution < 1.29 is 4.79 Å². The molecule has 3 aromatic rings. The van der Waals surface area contributed by atoms with E-state index < -0.39 is 0 Å². The zero-order chi connectivity index (χ0) is 16.4. The Labute approximate surface area is 137 Å². The zero-order valence-electron chi connectivity index (χ0n) is 12.7. The number of aromatic nitrogens is 2. The lowest BCUT2D eigenvalue weighted by Crippen LogP contribution is -2.11. The molecule has 3 rings (SSSR count). The predicted octanol–water partition coefficient (Wildman–Crippen LogP) is 3.37. The minimum Gasteiger partial charge on any atom is -0.321 e. The molecule has 0 unspecified atom stereocenters. The summed E-state index contributed by atoms with van der Waals surface area (Å²) >= 11 is 1.45. The van der Waals surface area contributed by atoms with Gasteiger partial charge in [-0.1, -0.05) is 12.1 Å². The molecule has 0 aliphatic heterocycles. The van der Waals surface area contributed by atoms with E-state index in [0.717, 1.165) is 10.4 Å². The van der Waals surface area contributed by atoms with Crippen LogP contribution in [0.1, 0.15) is 20.2 Å². The van der Waals surface area contributed by atoms with Crippen LogP contribution in [0, 0.1) is 13.8 Å². The third-order valence-electron chi connectivity index (χ3n) is 3.23. The molecule has 2 heterocycles. The molecule has 1 aromatic carbocycles. The number of hydrogen-bond acceptors (Lipinski definition) is 4. The molecule has 23 heavy (non-hydrogen) atoms. The van der Waals surface area contributed by atoms with Crippen LogP contribution >= 0.6 is 11.3 Å². The number of thiophene rings is 1. The van der Waals surface area contributed by atoms with E-state index >= 15 is 0 Å². The van der Waals surface area contributed by atoms with E-state index in [9.17, 15) is 9.59 Å². The van der Waals surface area contributed by atoms with E-state index in [1.54, 1.807) is 25.1 Å². The lowest BCUT2D eigenvalue weighted by molar-refractivity contribution is 0.103. The highest BCUT2D eigenvalue weighted by Gasteiger charge is 2.09. The molecule has 0 aliphatic carbocycles. The first-order valence-electron chi connectivity index (χ1n) is 7.07. The Kier molecular flexibility index (Phi) is 4.08. The quantitative estimate of drug-likeness (QED) is 0.775. The monoisotopic (exact) mass is 325 g/mol. The number of anilines is 1. The maximum atomic E-state index is 12.2. The smallest absolute Gasteiger partial charge is 0.265 e. The molecule has 116 valence electrons. The Morgan fingerprint density at radius 1 is 1.17 bits per heavy atom. The van der Waals surface area contributed by atoms with Gasteiger partial charge in [0.25, 0.3) is 11.5 Å². The largest absolute Gasteiger partial charge is 0.321 e. The minimum absolute atomic E-state index is 0.147. The minimum atomic E-state index is -0.198. The molecule has 0 spiro atoms. The molecule has 1 amide bonds. The number of H-pyrrole nitrogens is 1. The standard InChI is InChI=1S/C17H15N3O2S/c1-10-8-15(21)20-16(18-10)12-4-3-5-13(9-12)19-17(22)14-7-6-11(2)23-14/h3-9H,1-2H3,(H,19,22)(H,18,20,21). The second-order valence-electron chi connectivity index (χ2n) is 5.18. The Balaban J connectivity index is 1.88. The molecule has 0 aliphatic rings. The zero-order valence-corrected chi connectivity index (χ0v) is 13.5. The summed E-state index contributed by atoms with van der Waals surface area (Å²) in [4.78, 5) is 32.6. The first kappa shape index (κ1) is 15.2. The van der Waals surface area contributed by atoms with E-state index in [0.29, 0.717) is 22.1 Å². The van der Waals surface area contributed by atoms with Crippen molar-refractivity contribution in [2.75, 3.05) is 5.32 Å². The lowest BCUT2D eigenvalue weighted by atomic mass is 10.2. The highest BCUT2D eigenvalue weighted by molar-refractivity contribution is 7.14. The van der Waals surface area contributed by atoms with Gasteiger partial charge >= 0.3 is 0 Å². The molecular formula is C17H15N3O2S. The van der Waals surface area contributed by atoms with E-state index in [2.05, 4.69) is 15.3 Å². The second kappa shape index (κ2) is 6.18. The molecule has 0 bridgehead atoms. The van der Waals surface area contributed by atoms with Crippen LogP contribution in [-0.2, 0) is 0 Å². The van der Waals surface area contributed by atoms with E-state index in [-0.39, 0.29) is 11.5 Å². The third-order valence-corrected chi connectivity index (χ3v) is 4.23. The highest BCUT2D eigenvalue weighted by Crippen LogP contribution is 2.21. The van der Waals surface area contributed by atoms with Crippen LogP contribution in [0.25, 0.3) is 11.4 Å². The number of carbonyl (C=O) groups is 1. The summed E-state index contributed by atoms with van der Waals surface area (Å²) in [5, 5.41) is 2.86. The molecule has 5 nitrogen and oxygen atoms in total. The van der Waals surface area contributed by atoms with Crippen molar-refractivity contribution in [2.45, 2.75) is 13.8 Å². The number of hydrogen-bond donors (Lipinski definition) is 2. The Bertz CT molecular complexity index is 927. The SMILES string of the molecule is Cc1cc(=O)[nH]c(-c2cccc(NC(=O)c3ccc(C)s3)c2)n1. The maximum absolute atomic E-state index is 12.2. The van der Waals surface area contributed by atoms with Crippen LogP contribution in [-0.4, -0.2) is 15.9 Å². The molecule has 0 saturated heterocycles. The number of aromatic amines is 1. The number of benzene rings is 1. The predicted molar refractivity (Wildman–Crippen MR) is 92.0 cm³/mol. The summed E-state index contributed by atoms with van der Waals surface area (Å²) in [7, 11) is 0. The van der Waals surface area contributed by atoms with Gasteiger partial charge in [-0.05, 0) is 38.1 Å². The van der Waals surface area contributed by atoms with E-state index in [1.165, 1.54) is 17.4 Å². The molecule has 2 N–H and O–H groups in total. The maximum Gasteiger partial charge on any atom is 0.265 e. The third kappa shape index (κ3) is 3.54. The Morgan fingerprint density at radius 3 is 2.70 bits per heavy atom. The van der Waals surface area contributed by atoms with Gasteiger partial charge in [-0.15, -0.1) is 11.3 Å². The summed E-state index contributed by atoms with van der Waals surface area (Å²) in [6, 6.07) is 12.4. The first-order chi connectivity index (χ1) is 11.0. The second-order valence-corrected chi connectivity index (χ2v) is 6.47. The van der Waals surface area contributed by atoms with Crippen LogP contribution in [0.3, 0.4) is 0 Å². The summed E-state index contributed by atoms with van der Waals surface area (Å²) in [5.74, 6) is 0.337. The van der Waals surface area contributed by atoms with Gasteiger partial charge < -0.3 is 10.3 Å². The van der Waals surface area contributed by atoms with Crippen molar-refractivity contribution in [2.24, 2.45) is 0 Å². The molecule has 2 aromatic heterocycles. The fourth-order valence-corrected chi connectivity index (χ4v) is 2.97. The molecule has 0 atom stereocenters. The molecule has 6 heteroatoms. The van der Waals surface area contributed by atoms with Gasteiger partial charge in [0.05, 0.1) is 4.88 Å². The van der Waals surface area contributed by atoms with Crippen molar-refractivity contribution in [1.82, 2.24) is 9.97 Å². The normalized spacial score (nSPS) is 10.5. The van der Waals surface area contributed by atoms with Crippen molar-refractivity contribution in [3.8, 4) is 11.4 Å². The van der Waals surface area contributed by atoms with Gasteiger partial charge in [0.2, 0.25) is 0 Å². The summed E-state index contributed by atoms with van der Waals surface area (Å²) in [5.41, 5.74) is 1.84. The van der Waals surface area contributed by atoms with Gasteiger partial charge in [0.15, 0.2) is 0 Å². The van der Waals surface area contributed by atoms with Gasteiger partial charge in [-0.25, -0.2) is 4.98 Å². The van der Waals surface area contributed by atoms with Crippen LogP contribution < -0.4 is 10.9 Å². The topological polar surface area (TPSA) is 74.8 Å². The number of nitrogens with one attached hydrogen (secondary N) is 2. The summed E-state index contributed by atoms with van der Waals surface area (Å²) in [6.07, 6.45) is 0. The number of rotatable bonds is 3. The van der Waals surface area contributed by atoms with Crippen LogP contribution in [0.4, 0.5) is 5.69 Å². The molecule has 0 saturated carbocycles. The van der Waals surface area contributed by atoms with Crippen LogP contribution in [0.2, 0.25) is 0 Å². The van der Waals surface area contributed by atoms with Crippen LogP contribution in [0.5, 0.6) is 0 Å². The fraction of sp³-hybridized carbons (Fsp3) is 0.118. The van der Waals surface area contributed by atoms with Gasteiger partial charge in [-0.3, -0.25) is 9.59 Å². The summed E-state index contributed by atoms with van der Waals surface area (Å²) < 4.78 is 0. The summed E-state index contributed by atoms with van der Waals surface area (Å²) in [6.45, 7) is 3.73. The highest BCUT2D eigenvalue weighted by atomic mass is 32.1. The molecule has 0 fully saturated rings. The average molecular weight is 325 g/mol. The van der Waals surface area contributed by atoms with Crippen molar-refractivity contribution in [3.05, 3.63) is 68.3 Å². The van der Waals surface area contributed by atoms with E-state index in [1.807, 2.05) is 25.1 Å². The van der Waals surface area contributed by atoms with Gasteiger partial charge in [0.1, 0.15) is 5.82 Å². The van der Waals surface area contributed by atoms with Crippen LogP contribution in [0.15, 0.2) is 47.3 Å². The van der Waals surface area contributed by atoms with Crippen molar-refractivity contribution >= 4 is 22.9 Å². The van der Waals surface area contributed by atoms with Gasteiger partial charge in [0, 0.05) is 27.9 Å². The molecule has 0 radical (unpaired) electrons. The Morgan fingerprint density at radius 2 is 2.00 bits per heavy atom. The van der Waals surface area contributed by atoms with Crippen molar-refractivity contribution in [1.29, 1.82) is 0 Å². The molecular weight excluding hydrogens is 310 g/mol.